The number of hydrogen-bond acceptors (Lipinski definition) is 5. The number of carbonyl (C=O) groups is 3. The van der Waals surface area contributed by atoms with E-state index in [1.165, 1.54) is 0 Å². The second-order valence-electron chi connectivity index (χ2n) is 11.0. The third kappa shape index (κ3) is 6.20. The molecule has 0 saturated heterocycles. The number of carboxylic acid groups (broad SMARTS) is 1. The second-order valence-corrected chi connectivity index (χ2v) is 11.0. The van der Waals surface area contributed by atoms with Gasteiger partial charge in [0.15, 0.2) is 0 Å². The molecule has 0 radical (unpaired) electrons. The van der Waals surface area contributed by atoms with Crippen molar-refractivity contribution >= 4 is 17.8 Å². The summed E-state index contributed by atoms with van der Waals surface area (Å²) in [6.07, 6.45) is -0.400. The molecule has 39 heavy (non-hydrogen) atoms. The lowest BCUT2D eigenvalue weighted by atomic mass is 9.85. The smallest absolute Gasteiger partial charge is 0.309 e. The van der Waals surface area contributed by atoms with Gasteiger partial charge in [0, 0.05) is 6.54 Å². The highest BCUT2D eigenvalue weighted by atomic mass is 16.5. The number of imide groups is 1. The number of amides is 2. The summed E-state index contributed by atoms with van der Waals surface area (Å²) in [7, 11) is 1.62. The molecule has 3 aromatic rings. The predicted octanol–water partition coefficient (Wildman–Crippen LogP) is 5.34. The van der Waals surface area contributed by atoms with Gasteiger partial charge in [-0.25, -0.2) is 0 Å². The molecule has 1 aliphatic heterocycles. The summed E-state index contributed by atoms with van der Waals surface area (Å²) < 4.78 is 5.20. The maximum Gasteiger partial charge on any atom is 0.309 e. The van der Waals surface area contributed by atoms with E-state index in [0.29, 0.717) is 17.5 Å². The van der Waals surface area contributed by atoms with Gasteiger partial charge >= 0.3 is 5.97 Å². The third-order valence-electron chi connectivity index (χ3n) is 7.39. The molecule has 7 nitrogen and oxygen atoms in total. The van der Waals surface area contributed by atoms with E-state index >= 15 is 0 Å². The van der Waals surface area contributed by atoms with Crippen molar-refractivity contribution in [3.05, 3.63) is 89.0 Å². The number of aryl methyl sites for hydroxylation is 1. The molecule has 2 amide bonds. The molecule has 204 valence electrons. The minimum Gasteiger partial charge on any atom is -0.497 e. The number of carbonyl (C=O) groups excluding carboxylic acids is 2. The van der Waals surface area contributed by atoms with Crippen LogP contribution >= 0.6 is 0 Å². The van der Waals surface area contributed by atoms with Gasteiger partial charge in [-0.2, -0.15) is 0 Å². The van der Waals surface area contributed by atoms with Crippen LogP contribution in [0, 0.1) is 5.92 Å². The largest absolute Gasteiger partial charge is 0.497 e. The van der Waals surface area contributed by atoms with Gasteiger partial charge in [0.05, 0.1) is 30.3 Å². The first-order chi connectivity index (χ1) is 18.5. The summed E-state index contributed by atoms with van der Waals surface area (Å²) in [5.74, 6) is -2.31. The van der Waals surface area contributed by atoms with Crippen molar-refractivity contribution < 1.29 is 29.3 Å². The number of benzene rings is 3. The van der Waals surface area contributed by atoms with Crippen LogP contribution in [0.4, 0.5) is 0 Å². The summed E-state index contributed by atoms with van der Waals surface area (Å²) in [6.45, 7) is 6.02. The lowest BCUT2D eigenvalue weighted by Gasteiger charge is -2.22. The van der Waals surface area contributed by atoms with Crippen LogP contribution in [0.25, 0.3) is 11.1 Å². The average molecular weight is 530 g/mol. The van der Waals surface area contributed by atoms with E-state index in [4.69, 9.17) is 4.74 Å². The predicted molar refractivity (Wildman–Crippen MR) is 149 cm³/mol. The summed E-state index contributed by atoms with van der Waals surface area (Å²) >= 11 is 0. The standard InChI is InChI=1S/C32H35NO6/c1-32(2,3)23-12-15-25-27(19-23)30(36)33(29(25)35)18-17-26(31(37)38)28(34)16-7-20-5-8-21(9-6-20)22-10-13-24(39-4)14-11-22/h5-6,8-15,19,26,28,34H,7,16-18H2,1-4H3,(H,37,38)/t26-,28?/m1/s1. The van der Waals surface area contributed by atoms with Gasteiger partial charge in [0.1, 0.15) is 5.75 Å². The number of methoxy groups -OCH3 is 1. The minimum absolute atomic E-state index is 0.0233. The van der Waals surface area contributed by atoms with Crippen molar-refractivity contribution in [2.24, 2.45) is 5.92 Å². The molecule has 1 unspecified atom stereocenters. The molecule has 1 aliphatic rings. The van der Waals surface area contributed by atoms with Crippen molar-refractivity contribution in [3.63, 3.8) is 0 Å². The molecule has 2 N–H and O–H groups in total. The Morgan fingerprint density at radius 1 is 0.872 bits per heavy atom. The lowest BCUT2D eigenvalue weighted by molar-refractivity contribution is -0.146. The van der Waals surface area contributed by atoms with Crippen LogP contribution in [0.1, 0.15) is 65.5 Å². The van der Waals surface area contributed by atoms with Crippen LogP contribution < -0.4 is 4.74 Å². The molecule has 0 spiro atoms. The molecule has 0 bridgehead atoms. The summed E-state index contributed by atoms with van der Waals surface area (Å²) in [6, 6.07) is 20.9. The van der Waals surface area contributed by atoms with Gasteiger partial charge in [0.25, 0.3) is 11.8 Å². The van der Waals surface area contributed by atoms with Crippen molar-refractivity contribution in [2.45, 2.75) is 51.6 Å². The summed E-state index contributed by atoms with van der Waals surface area (Å²) in [4.78, 5) is 39.0. The zero-order chi connectivity index (χ0) is 28.3. The Kier molecular flexibility index (Phi) is 8.21. The average Bonchev–Trinajstić information content (AvgIpc) is 3.16. The topological polar surface area (TPSA) is 104 Å². The highest BCUT2D eigenvalue weighted by Crippen LogP contribution is 2.30. The fourth-order valence-electron chi connectivity index (χ4n) is 4.87. The van der Waals surface area contributed by atoms with E-state index in [-0.39, 0.29) is 24.8 Å². The lowest BCUT2D eigenvalue weighted by Crippen LogP contribution is -2.36. The molecule has 1 heterocycles. The summed E-state index contributed by atoms with van der Waals surface area (Å²) in [5, 5.41) is 20.5. The Bertz CT molecular complexity index is 1350. The quantitative estimate of drug-likeness (QED) is 0.344. The van der Waals surface area contributed by atoms with Gasteiger partial charge < -0.3 is 14.9 Å². The first kappa shape index (κ1) is 28.0. The number of aliphatic carboxylic acids is 1. The number of aliphatic hydroxyl groups is 1. The van der Waals surface area contributed by atoms with Crippen LogP contribution in [0.3, 0.4) is 0 Å². The SMILES string of the molecule is COc1ccc(-c2ccc(CCC(O)[C@@H](CCN3C(=O)c4ccc(C(C)(C)C)cc4C3=O)C(=O)O)cc2)cc1. The Morgan fingerprint density at radius 2 is 1.46 bits per heavy atom. The molecular formula is C32H35NO6. The number of ether oxygens (including phenoxy) is 1. The molecule has 0 saturated carbocycles. The molecule has 0 aliphatic carbocycles. The molecule has 7 heteroatoms. The molecule has 3 aromatic carbocycles. The molecule has 2 atom stereocenters. The van der Waals surface area contributed by atoms with Gasteiger partial charge in [0.2, 0.25) is 0 Å². The normalized spacial score (nSPS) is 14.7. The van der Waals surface area contributed by atoms with Crippen LogP contribution in [0.15, 0.2) is 66.7 Å². The number of hydrogen-bond donors (Lipinski definition) is 2. The monoisotopic (exact) mass is 529 g/mol. The molecule has 0 aromatic heterocycles. The first-order valence-corrected chi connectivity index (χ1v) is 13.1. The molecule has 4 rings (SSSR count). The van der Waals surface area contributed by atoms with E-state index in [2.05, 4.69) is 0 Å². The number of carboxylic acids is 1. The van der Waals surface area contributed by atoms with Crippen LogP contribution in [0.2, 0.25) is 0 Å². The maximum absolute atomic E-state index is 13.0. The van der Waals surface area contributed by atoms with Crippen LogP contribution in [0.5, 0.6) is 5.75 Å². The van der Waals surface area contributed by atoms with Gasteiger partial charge in [-0.05, 0) is 71.2 Å². The van der Waals surface area contributed by atoms with Crippen molar-refractivity contribution in [2.75, 3.05) is 13.7 Å². The summed E-state index contributed by atoms with van der Waals surface area (Å²) in [5.41, 5.74) is 4.51. The van der Waals surface area contributed by atoms with Gasteiger partial charge in [-0.15, -0.1) is 0 Å². The fourth-order valence-corrected chi connectivity index (χ4v) is 4.87. The highest BCUT2D eigenvalue weighted by Gasteiger charge is 2.37. The Hall–Kier alpha value is -3.97. The maximum atomic E-state index is 13.0. The highest BCUT2D eigenvalue weighted by molar-refractivity contribution is 6.21. The second kappa shape index (κ2) is 11.4. The third-order valence-corrected chi connectivity index (χ3v) is 7.39. The Balaban J connectivity index is 1.36. The number of fused-ring (bicyclic) bond motifs is 1. The molecular weight excluding hydrogens is 494 g/mol. The minimum atomic E-state index is -1.15. The van der Waals surface area contributed by atoms with Crippen molar-refractivity contribution in [1.29, 1.82) is 0 Å². The van der Waals surface area contributed by atoms with Crippen molar-refractivity contribution in [3.8, 4) is 16.9 Å². The Morgan fingerprint density at radius 3 is 2.03 bits per heavy atom. The number of nitrogens with zero attached hydrogens (tertiary/aromatic N) is 1. The van der Waals surface area contributed by atoms with Gasteiger partial charge in [-0.3, -0.25) is 19.3 Å². The van der Waals surface area contributed by atoms with E-state index in [0.717, 1.165) is 32.9 Å². The number of rotatable bonds is 10. The first-order valence-electron chi connectivity index (χ1n) is 13.1. The zero-order valence-electron chi connectivity index (χ0n) is 22.8. The van der Waals surface area contributed by atoms with Crippen LogP contribution in [-0.2, 0) is 16.6 Å². The zero-order valence-corrected chi connectivity index (χ0v) is 22.8. The number of aliphatic hydroxyl groups excluding tert-OH is 1. The molecule has 0 fully saturated rings. The van der Waals surface area contributed by atoms with Gasteiger partial charge in [-0.1, -0.05) is 63.2 Å². The Labute approximate surface area is 229 Å². The van der Waals surface area contributed by atoms with Crippen LogP contribution in [-0.4, -0.2) is 52.7 Å². The van der Waals surface area contributed by atoms with E-state index < -0.39 is 29.8 Å². The van der Waals surface area contributed by atoms with E-state index in [1.54, 1.807) is 19.2 Å². The van der Waals surface area contributed by atoms with E-state index in [9.17, 15) is 24.6 Å². The van der Waals surface area contributed by atoms with Crippen molar-refractivity contribution in [1.82, 2.24) is 4.90 Å². The fraction of sp³-hybridized carbons (Fsp3) is 0.344. The van der Waals surface area contributed by atoms with E-state index in [1.807, 2.05) is 75.4 Å².